The first kappa shape index (κ1) is 14.2. The molecule has 0 spiro atoms. The topological polar surface area (TPSA) is 71.5 Å². The average molecular weight is 222 g/mol. The van der Waals surface area contributed by atoms with Gasteiger partial charge in [0.25, 0.3) is 5.56 Å². The third-order valence-electron chi connectivity index (χ3n) is 1.45. The molecular weight excluding hydrogens is 204 g/mol. The summed E-state index contributed by atoms with van der Waals surface area (Å²) in [6.45, 7) is 9.75. The Balaban J connectivity index is 0.000000509. The molecule has 0 amide bonds. The van der Waals surface area contributed by atoms with Gasteiger partial charge in [-0.3, -0.25) is 4.79 Å². The molecule has 2 rings (SSSR count). The van der Waals surface area contributed by atoms with Crippen LogP contribution in [0.1, 0.15) is 33.5 Å². The Hall–Kier alpha value is -1.78. The molecule has 1 N–H and O–H groups in total. The summed E-state index contributed by atoms with van der Waals surface area (Å²) in [5, 5.41) is 0. The number of aromatic nitrogens is 4. The van der Waals surface area contributed by atoms with E-state index in [4.69, 9.17) is 0 Å². The van der Waals surface area contributed by atoms with Crippen LogP contribution in [0.4, 0.5) is 0 Å². The van der Waals surface area contributed by atoms with Crippen LogP contribution in [0.25, 0.3) is 11.2 Å². The molecule has 0 fully saturated rings. The molecule has 0 aliphatic rings. The van der Waals surface area contributed by atoms with Gasteiger partial charge < -0.3 is 4.98 Å². The minimum absolute atomic E-state index is 0.249. The minimum Gasteiger partial charge on any atom is -0.304 e. The van der Waals surface area contributed by atoms with Crippen molar-refractivity contribution in [1.82, 2.24) is 19.9 Å². The normalized spacial score (nSPS) is 8.56. The van der Waals surface area contributed by atoms with Crippen LogP contribution >= 0.6 is 0 Å². The molecule has 5 nitrogen and oxygen atoms in total. The second-order valence-electron chi connectivity index (χ2n) is 2.40. The molecule has 0 radical (unpaired) electrons. The fourth-order valence-electron chi connectivity index (χ4n) is 0.927. The summed E-state index contributed by atoms with van der Waals surface area (Å²) in [5.41, 5.74) is 0.829. The Morgan fingerprint density at radius 3 is 2.31 bits per heavy atom. The minimum atomic E-state index is -0.249. The van der Waals surface area contributed by atoms with Gasteiger partial charge in [0.05, 0.1) is 12.4 Å². The van der Waals surface area contributed by atoms with Crippen molar-refractivity contribution in [2.24, 2.45) is 0 Å². The highest BCUT2D eigenvalue weighted by atomic mass is 16.1. The molecular formula is C11H18N4O. The van der Waals surface area contributed by atoms with E-state index >= 15 is 0 Å². The fraction of sp³-hybridized carbons (Fsp3) is 0.455. The quantitative estimate of drug-likeness (QED) is 0.740. The molecule has 0 bridgehead atoms. The van der Waals surface area contributed by atoms with Crippen molar-refractivity contribution in [2.45, 2.75) is 34.6 Å². The van der Waals surface area contributed by atoms with Crippen LogP contribution in [-0.4, -0.2) is 19.9 Å². The van der Waals surface area contributed by atoms with Gasteiger partial charge in [-0.05, 0) is 6.92 Å². The van der Waals surface area contributed by atoms with Gasteiger partial charge in [0.15, 0.2) is 5.65 Å². The van der Waals surface area contributed by atoms with Gasteiger partial charge in [0, 0.05) is 0 Å². The molecule has 0 aliphatic carbocycles. The van der Waals surface area contributed by atoms with Crippen molar-refractivity contribution in [3.05, 3.63) is 28.6 Å². The Kier molecular flexibility index (Phi) is 6.67. The van der Waals surface area contributed by atoms with E-state index in [1.165, 1.54) is 6.20 Å². The number of fused-ring (bicyclic) bond motifs is 1. The standard InChI is InChI=1S/C7H6N4O.2C2H6/c1-4-8-2-5-7(10-4)11-6(12)3-9-5;2*1-2/h2-3H,1H3,(H,8,10,11,12);2*1-2H3. The molecule has 2 heterocycles. The van der Waals surface area contributed by atoms with Crippen molar-refractivity contribution in [2.75, 3.05) is 0 Å². The van der Waals surface area contributed by atoms with Crippen LogP contribution in [0, 0.1) is 6.92 Å². The van der Waals surface area contributed by atoms with Crippen LogP contribution in [0.3, 0.4) is 0 Å². The van der Waals surface area contributed by atoms with Crippen LogP contribution < -0.4 is 5.56 Å². The predicted molar refractivity (Wildman–Crippen MR) is 65.4 cm³/mol. The molecule has 16 heavy (non-hydrogen) atoms. The molecule has 0 unspecified atom stereocenters. The van der Waals surface area contributed by atoms with Crippen molar-refractivity contribution in [3.63, 3.8) is 0 Å². The maximum atomic E-state index is 10.8. The molecule has 5 heteroatoms. The van der Waals surface area contributed by atoms with E-state index in [-0.39, 0.29) is 5.56 Å². The van der Waals surface area contributed by atoms with E-state index < -0.39 is 0 Å². The maximum Gasteiger partial charge on any atom is 0.268 e. The van der Waals surface area contributed by atoms with Gasteiger partial charge in [0.2, 0.25) is 0 Å². The van der Waals surface area contributed by atoms with Crippen LogP contribution in [0.5, 0.6) is 0 Å². The number of hydrogen-bond donors (Lipinski definition) is 1. The molecule has 0 saturated carbocycles. The van der Waals surface area contributed by atoms with Crippen molar-refractivity contribution in [3.8, 4) is 0 Å². The molecule has 0 atom stereocenters. The molecule has 0 saturated heterocycles. The number of aromatic amines is 1. The van der Waals surface area contributed by atoms with Crippen LogP contribution in [0.2, 0.25) is 0 Å². The maximum absolute atomic E-state index is 10.8. The zero-order valence-corrected chi connectivity index (χ0v) is 10.4. The summed E-state index contributed by atoms with van der Waals surface area (Å²) in [6, 6.07) is 0. The molecule has 0 aromatic carbocycles. The highest BCUT2D eigenvalue weighted by Gasteiger charge is 1.96. The zero-order chi connectivity index (χ0) is 12.6. The summed E-state index contributed by atoms with van der Waals surface area (Å²) in [7, 11) is 0. The summed E-state index contributed by atoms with van der Waals surface area (Å²) >= 11 is 0. The van der Waals surface area contributed by atoms with Crippen molar-refractivity contribution >= 4 is 11.2 Å². The molecule has 2 aromatic rings. The predicted octanol–water partition coefficient (Wildman–Crippen LogP) is 2.07. The first-order valence-corrected chi connectivity index (χ1v) is 5.44. The summed E-state index contributed by atoms with van der Waals surface area (Å²) in [6.07, 6.45) is 2.79. The molecule has 0 aliphatic heterocycles. The third kappa shape index (κ3) is 3.76. The Morgan fingerprint density at radius 2 is 1.69 bits per heavy atom. The zero-order valence-electron chi connectivity index (χ0n) is 10.4. The van der Waals surface area contributed by atoms with Gasteiger partial charge in [-0.2, -0.15) is 0 Å². The average Bonchev–Trinajstić information content (AvgIpc) is 2.33. The summed E-state index contributed by atoms with van der Waals surface area (Å²) < 4.78 is 0. The van der Waals surface area contributed by atoms with Crippen LogP contribution in [-0.2, 0) is 0 Å². The highest BCUT2D eigenvalue weighted by molar-refractivity contribution is 5.67. The lowest BCUT2D eigenvalue weighted by Gasteiger charge is -1.94. The second-order valence-corrected chi connectivity index (χ2v) is 2.40. The lowest BCUT2D eigenvalue weighted by molar-refractivity contribution is 1.05. The Labute approximate surface area is 95.0 Å². The van der Waals surface area contributed by atoms with E-state index in [0.29, 0.717) is 17.0 Å². The van der Waals surface area contributed by atoms with E-state index in [1.54, 1.807) is 13.1 Å². The SMILES string of the molecule is CC.CC.Cc1ncc2ncc(=O)[nH]c2n1. The number of nitrogens with zero attached hydrogens (tertiary/aromatic N) is 3. The van der Waals surface area contributed by atoms with Crippen molar-refractivity contribution < 1.29 is 0 Å². The number of hydrogen-bond acceptors (Lipinski definition) is 4. The van der Waals surface area contributed by atoms with Gasteiger partial charge in [0.1, 0.15) is 11.3 Å². The van der Waals surface area contributed by atoms with Gasteiger partial charge in [-0.25, -0.2) is 15.0 Å². The molecule has 88 valence electrons. The van der Waals surface area contributed by atoms with Crippen molar-refractivity contribution in [1.29, 1.82) is 0 Å². The lowest BCUT2D eigenvalue weighted by atomic mass is 10.5. The fourth-order valence-corrected chi connectivity index (χ4v) is 0.927. The summed E-state index contributed by atoms with van der Waals surface area (Å²) in [5.74, 6) is 0.617. The number of aryl methyl sites for hydroxylation is 1. The Bertz CT molecular complexity index is 479. The summed E-state index contributed by atoms with van der Waals surface area (Å²) in [4.78, 5) is 25.2. The monoisotopic (exact) mass is 222 g/mol. The van der Waals surface area contributed by atoms with Gasteiger partial charge in [-0.1, -0.05) is 27.7 Å². The van der Waals surface area contributed by atoms with Gasteiger partial charge in [-0.15, -0.1) is 0 Å². The van der Waals surface area contributed by atoms with E-state index in [1.807, 2.05) is 27.7 Å². The van der Waals surface area contributed by atoms with E-state index in [2.05, 4.69) is 19.9 Å². The first-order valence-electron chi connectivity index (χ1n) is 5.44. The number of H-pyrrole nitrogens is 1. The number of rotatable bonds is 0. The Morgan fingerprint density at radius 1 is 1.06 bits per heavy atom. The van der Waals surface area contributed by atoms with E-state index in [0.717, 1.165) is 0 Å². The van der Waals surface area contributed by atoms with Crippen LogP contribution in [0.15, 0.2) is 17.2 Å². The number of nitrogens with one attached hydrogen (secondary N) is 1. The van der Waals surface area contributed by atoms with Gasteiger partial charge >= 0.3 is 0 Å². The lowest BCUT2D eigenvalue weighted by Crippen LogP contribution is -2.06. The first-order chi connectivity index (χ1) is 7.75. The highest BCUT2D eigenvalue weighted by Crippen LogP contribution is 1.99. The smallest absolute Gasteiger partial charge is 0.268 e. The second kappa shape index (κ2) is 7.50. The van der Waals surface area contributed by atoms with E-state index in [9.17, 15) is 4.79 Å². The molecule has 2 aromatic heterocycles. The third-order valence-corrected chi connectivity index (χ3v) is 1.45. The largest absolute Gasteiger partial charge is 0.304 e.